The first-order valence-electron chi connectivity index (χ1n) is 8.88. The fraction of sp³-hybridized carbons (Fsp3) is 0.556. The first-order chi connectivity index (χ1) is 12.2. The number of nitrogens with one attached hydrogen (secondary N) is 2. The molecule has 1 fully saturated rings. The van der Waals surface area contributed by atoms with Gasteiger partial charge in [0.2, 0.25) is 0 Å². The van der Waals surface area contributed by atoms with E-state index >= 15 is 0 Å². The smallest absolute Gasteiger partial charge is 0.314 e. The van der Waals surface area contributed by atoms with Gasteiger partial charge in [0.1, 0.15) is 5.82 Å². The summed E-state index contributed by atoms with van der Waals surface area (Å²) in [6, 6.07) is 0.0358. The molecule has 3 rings (SSSR count). The number of carbonyl (C=O) groups excluding carboxylic acids is 2. The molecule has 0 spiro atoms. The van der Waals surface area contributed by atoms with Crippen LogP contribution in [-0.2, 0) is 9.59 Å². The fourth-order valence-corrected chi connectivity index (χ4v) is 3.63. The number of amides is 2. The molecule has 2 aromatic rings. The SMILES string of the molecule is C[C@H]1CC[C@H](C(C)(C)C)N(C(=O)C(=O)Nc2cnc(N)c3cn[nH]c23)C1. The number of anilines is 2. The summed E-state index contributed by atoms with van der Waals surface area (Å²) in [6.07, 6.45) is 4.93. The molecule has 1 aliphatic rings. The van der Waals surface area contributed by atoms with Gasteiger partial charge in [0.25, 0.3) is 0 Å². The van der Waals surface area contributed by atoms with Crippen molar-refractivity contribution in [2.24, 2.45) is 11.3 Å². The van der Waals surface area contributed by atoms with Gasteiger partial charge in [-0.05, 0) is 24.2 Å². The largest absolute Gasteiger partial charge is 0.383 e. The Kier molecular flexibility index (Phi) is 4.60. The van der Waals surface area contributed by atoms with E-state index in [4.69, 9.17) is 5.73 Å². The summed E-state index contributed by atoms with van der Waals surface area (Å²) < 4.78 is 0. The average molecular weight is 358 g/mol. The van der Waals surface area contributed by atoms with Gasteiger partial charge in [-0.15, -0.1) is 0 Å². The number of aromatic amines is 1. The summed E-state index contributed by atoms with van der Waals surface area (Å²) in [4.78, 5) is 31.3. The zero-order valence-electron chi connectivity index (χ0n) is 15.7. The number of nitrogen functional groups attached to an aromatic ring is 1. The Bertz CT molecular complexity index is 838. The lowest BCUT2D eigenvalue weighted by Crippen LogP contribution is -2.54. The predicted octanol–water partition coefficient (Wildman–Crippen LogP) is 2.15. The molecular weight excluding hydrogens is 332 g/mol. The van der Waals surface area contributed by atoms with E-state index in [-0.39, 0.29) is 11.5 Å². The van der Waals surface area contributed by atoms with Crippen LogP contribution in [0.15, 0.2) is 12.4 Å². The van der Waals surface area contributed by atoms with E-state index < -0.39 is 11.8 Å². The Morgan fingerprint density at radius 1 is 1.31 bits per heavy atom. The van der Waals surface area contributed by atoms with Crippen LogP contribution in [0.4, 0.5) is 11.5 Å². The molecule has 0 saturated carbocycles. The van der Waals surface area contributed by atoms with E-state index in [2.05, 4.69) is 48.2 Å². The fourth-order valence-electron chi connectivity index (χ4n) is 3.63. The molecule has 26 heavy (non-hydrogen) atoms. The van der Waals surface area contributed by atoms with Crippen LogP contribution in [0.2, 0.25) is 0 Å². The molecule has 2 atom stereocenters. The highest BCUT2D eigenvalue weighted by Crippen LogP contribution is 2.34. The summed E-state index contributed by atoms with van der Waals surface area (Å²) >= 11 is 0. The van der Waals surface area contributed by atoms with Crippen molar-refractivity contribution in [1.29, 1.82) is 0 Å². The highest BCUT2D eigenvalue weighted by Gasteiger charge is 2.39. The van der Waals surface area contributed by atoms with Gasteiger partial charge in [0.05, 0.1) is 29.0 Å². The maximum Gasteiger partial charge on any atom is 0.314 e. The minimum Gasteiger partial charge on any atom is -0.383 e. The number of hydrogen-bond acceptors (Lipinski definition) is 5. The number of rotatable bonds is 1. The standard InChI is InChI=1S/C18H26N6O2/c1-10-5-6-13(18(2,3)4)24(9-10)17(26)16(25)22-12-8-20-15(19)11-7-21-23-14(11)12/h7-8,10,13H,5-6,9H2,1-4H3,(H2,19,20)(H,21,23)(H,22,25)/t10-,13+/m0/s1. The third-order valence-corrected chi connectivity index (χ3v) is 5.04. The molecule has 1 aliphatic heterocycles. The second-order valence-electron chi connectivity index (χ2n) is 8.19. The number of nitrogens with two attached hydrogens (primary N) is 1. The molecule has 8 heteroatoms. The van der Waals surface area contributed by atoms with Crippen LogP contribution in [-0.4, -0.2) is 44.5 Å². The molecule has 4 N–H and O–H groups in total. The molecule has 2 aromatic heterocycles. The highest BCUT2D eigenvalue weighted by atomic mass is 16.2. The predicted molar refractivity (Wildman–Crippen MR) is 100 cm³/mol. The highest BCUT2D eigenvalue weighted by molar-refractivity contribution is 6.40. The van der Waals surface area contributed by atoms with Crippen LogP contribution in [0, 0.1) is 11.3 Å². The number of fused-ring (bicyclic) bond motifs is 1. The molecule has 0 bridgehead atoms. The van der Waals surface area contributed by atoms with Gasteiger partial charge in [-0.3, -0.25) is 14.7 Å². The number of likely N-dealkylation sites (tertiary alicyclic amines) is 1. The first kappa shape index (κ1) is 18.2. The van der Waals surface area contributed by atoms with E-state index in [0.29, 0.717) is 34.9 Å². The van der Waals surface area contributed by atoms with Crippen molar-refractivity contribution >= 4 is 34.2 Å². The minimum absolute atomic E-state index is 0.0358. The van der Waals surface area contributed by atoms with Gasteiger partial charge in [-0.1, -0.05) is 27.7 Å². The Morgan fingerprint density at radius 3 is 2.73 bits per heavy atom. The number of carbonyl (C=O) groups is 2. The van der Waals surface area contributed by atoms with Crippen molar-refractivity contribution in [3.8, 4) is 0 Å². The molecule has 8 nitrogen and oxygen atoms in total. The maximum absolute atomic E-state index is 12.9. The van der Waals surface area contributed by atoms with Gasteiger partial charge in [-0.25, -0.2) is 4.98 Å². The van der Waals surface area contributed by atoms with E-state index in [0.717, 1.165) is 12.8 Å². The maximum atomic E-state index is 12.9. The number of nitrogens with zero attached hydrogens (tertiary/aromatic N) is 3. The lowest BCUT2D eigenvalue weighted by atomic mass is 9.78. The molecular formula is C18H26N6O2. The summed E-state index contributed by atoms with van der Waals surface area (Å²) in [6.45, 7) is 9.00. The summed E-state index contributed by atoms with van der Waals surface area (Å²) in [5.41, 5.74) is 6.66. The second kappa shape index (κ2) is 6.59. The molecule has 0 unspecified atom stereocenters. The first-order valence-corrected chi connectivity index (χ1v) is 8.88. The Morgan fingerprint density at radius 2 is 2.04 bits per heavy atom. The molecule has 1 saturated heterocycles. The van der Waals surface area contributed by atoms with Crippen molar-refractivity contribution in [2.75, 3.05) is 17.6 Å². The van der Waals surface area contributed by atoms with Crippen LogP contribution in [0.5, 0.6) is 0 Å². The molecule has 2 amide bonds. The van der Waals surface area contributed by atoms with Crippen LogP contribution in [0.25, 0.3) is 10.9 Å². The van der Waals surface area contributed by atoms with Crippen LogP contribution < -0.4 is 11.1 Å². The van der Waals surface area contributed by atoms with Crippen LogP contribution >= 0.6 is 0 Å². The summed E-state index contributed by atoms with van der Waals surface area (Å²) in [7, 11) is 0. The number of piperidine rings is 1. The quantitative estimate of drug-likeness (QED) is 0.675. The van der Waals surface area contributed by atoms with Crippen molar-refractivity contribution in [2.45, 2.75) is 46.6 Å². The van der Waals surface area contributed by atoms with Crippen molar-refractivity contribution in [3.63, 3.8) is 0 Å². The number of pyridine rings is 1. The van der Waals surface area contributed by atoms with E-state index in [1.54, 1.807) is 4.90 Å². The number of hydrogen-bond donors (Lipinski definition) is 3. The lowest BCUT2D eigenvalue weighted by Gasteiger charge is -2.45. The van der Waals surface area contributed by atoms with Crippen molar-refractivity contribution in [3.05, 3.63) is 12.4 Å². The summed E-state index contributed by atoms with van der Waals surface area (Å²) in [5, 5.41) is 9.98. The molecule has 0 radical (unpaired) electrons. The van der Waals surface area contributed by atoms with Gasteiger partial charge in [0.15, 0.2) is 0 Å². The molecule has 140 valence electrons. The lowest BCUT2D eigenvalue weighted by molar-refractivity contribution is -0.148. The minimum atomic E-state index is -0.671. The van der Waals surface area contributed by atoms with E-state index in [1.165, 1.54) is 12.4 Å². The average Bonchev–Trinajstić information content (AvgIpc) is 3.06. The van der Waals surface area contributed by atoms with E-state index in [1.807, 2.05) is 0 Å². The van der Waals surface area contributed by atoms with Gasteiger partial charge in [-0.2, -0.15) is 5.10 Å². The Labute approximate surface area is 152 Å². The topological polar surface area (TPSA) is 117 Å². The molecule has 0 aliphatic carbocycles. The van der Waals surface area contributed by atoms with Crippen molar-refractivity contribution < 1.29 is 9.59 Å². The molecule has 3 heterocycles. The number of aromatic nitrogens is 3. The number of H-pyrrole nitrogens is 1. The Balaban J connectivity index is 1.83. The molecule has 0 aromatic carbocycles. The van der Waals surface area contributed by atoms with E-state index in [9.17, 15) is 9.59 Å². The zero-order chi connectivity index (χ0) is 19.1. The summed E-state index contributed by atoms with van der Waals surface area (Å²) in [5.74, 6) is -0.490. The van der Waals surface area contributed by atoms with Gasteiger partial charge < -0.3 is 16.0 Å². The van der Waals surface area contributed by atoms with Gasteiger partial charge >= 0.3 is 11.8 Å². The third-order valence-electron chi connectivity index (χ3n) is 5.04. The van der Waals surface area contributed by atoms with Crippen LogP contribution in [0.3, 0.4) is 0 Å². The van der Waals surface area contributed by atoms with Gasteiger partial charge in [0, 0.05) is 12.6 Å². The zero-order valence-corrected chi connectivity index (χ0v) is 15.7. The Hall–Kier alpha value is -2.64. The second-order valence-corrected chi connectivity index (χ2v) is 8.19. The van der Waals surface area contributed by atoms with Crippen molar-refractivity contribution in [1.82, 2.24) is 20.1 Å². The van der Waals surface area contributed by atoms with Crippen LogP contribution in [0.1, 0.15) is 40.5 Å². The monoisotopic (exact) mass is 358 g/mol. The third kappa shape index (κ3) is 3.36. The normalized spacial score (nSPS) is 21.0.